The number of allylic oxidation sites excluding steroid dienone is 4. The first-order valence-electron chi connectivity index (χ1n) is 8.62. The zero-order valence-corrected chi connectivity index (χ0v) is 15.1. The Kier molecular flexibility index (Phi) is 5.04. The summed E-state index contributed by atoms with van der Waals surface area (Å²) in [5.41, 5.74) is 4.22. The molecule has 1 aliphatic rings. The van der Waals surface area contributed by atoms with Gasteiger partial charge >= 0.3 is 0 Å². The second-order valence-electron chi connectivity index (χ2n) is 6.47. The molecule has 2 aromatic rings. The monoisotopic (exact) mass is 347 g/mol. The molecule has 0 aliphatic heterocycles. The van der Waals surface area contributed by atoms with E-state index in [4.69, 9.17) is 9.26 Å². The molecule has 1 saturated carbocycles. The molecule has 5 heteroatoms. The molecule has 0 bridgehead atoms. The standard InChI is InChI=1S/C21H21N3O2/c1-5-17(18-8-6-7-14(18)4)20-23-21(26-24-20)15-9-10-19(25-13(2)3)16(11-15)12-22/h5,9-11,13H,1,4,6-8H2,2-3H3/b18-17+. The van der Waals surface area contributed by atoms with E-state index in [-0.39, 0.29) is 6.10 Å². The van der Waals surface area contributed by atoms with Crippen LogP contribution < -0.4 is 4.74 Å². The molecular weight excluding hydrogens is 326 g/mol. The molecule has 1 fully saturated rings. The van der Waals surface area contributed by atoms with Crippen LogP contribution >= 0.6 is 0 Å². The lowest BCUT2D eigenvalue weighted by molar-refractivity contribution is 0.242. The van der Waals surface area contributed by atoms with Gasteiger partial charge in [0, 0.05) is 11.1 Å². The van der Waals surface area contributed by atoms with Crippen molar-refractivity contribution < 1.29 is 9.26 Å². The normalized spacial score (nSPS) is 15.8. The minimum Gasteiger partial charge on any atom is -0.490 e. The third-order valence-electron chi connectivity index (χ3n) is 4.24. The van der Waals surface area contributed by atoms with Gasteiger partial charge in [-0.3, -0.25) is 0 Å². The second-order valence-corrected chi connectivity index (χ2v) is 6.47. The van der Waals surface area contributed by atoms with Gasteiger partial charge in [-0.25, -0.2) is 0 Å². The summed E-state index contributed by atoms with van der Waals surface area (Å²) in [4.78, 5) is 4.50. The lowest BCUT2D eigenvalue weighted by Gasteiger charge is -2.11. The lowest BCUT2D eigenvalue weighted by Crippen LogP contribution is -2.06. The van der Waals surface area contributed by atoms with E-state index in [1.54, 1.807) is 18.2 Å². The van der Waals surface area contributed by atoms with Gasteiger partial charge in [0.05, 0.1) is 11.7 Å². The van der Waals surface area contributed by atoms with Crippen molar-refractivity contribution in [1.82, 2.24) is 10.1 Å². The third-order valence-corrected chi connectivity index (χ3v) is 4.24. The Morgan fingerprint density at radius 2 is 2.19 bits per heavy atom. The molecule has 26 heavy (non-hydrogen) atoms. The molecule has 132 valence electrons. The Bertz CT molecular complexity index is 929. The van der Waals surface area contributed by atoms with Crippen LogP contribution in [0.15, 0.2) is 53.1 Å². The number of benzene rings is 1. The SMILES string of the molecule is C=C/C(=C1/CCCC1=C)c1noc(-c2ccc(OC(C)C)c(C#N)c2)n1. The van der Waals surface area contributed by atoms with E-state index in [2.05, 4.69) is 29.4 Å². The molecule has 0 N–H and O–H groups in total. The Morgan fingerprint density at radius 1 is 1.38 bits per heavy atom. The van der Waals surface area contributed by atoms with Crippen molar-refractivity contribution in [3.05, 3.63) is 60.0 Å². The Morgan fingerprint density at radius 3 is 2.81 bits per heavy atom. The molecule has 0 saturated heterocycles. The van der Waals surface area contributed by atoms with Crippen LogP contribution in [-0.4, -0.2) is 16.2 Å². The molecule has 0 unspecified atom stereocenters. The largest absolute Gasteiger partial charge is 0.490 e. The summed E-state index contributed by atoms with van der Waals surface area (Å²) in [6.07, 6.45) is 4.76. The first-order chi connectivity index (χ1) is 12.5. The van der Waals surface area contributed by atoms with Crippen LogP contribution in [0.4, 0.5) is 0 Å². The Hall–Kier alpha value is -3.13. The predicted octanol–water partition coefficient (Wildman–Crippen LogP) is 5.08. The number of hydrogen-bond acceptors (Lipinski definition) is 5. The van der Waals surface area contributed by atoms with Crippen LogP contribution in [0.25, 0.3) is 17.0 Å². The maximum absolute atomic E-state index is 9.38. The Balaban J connectivity index is 1.96. The molecule has 5 nitrogen and oxygen atoms in total. The minimum absolute atomic E-state index is 0.00996. The minimum atomic E-state index is -0.00996. The van der Waals surface area contributed by atoms with Crippen molar-refractivity contribution in [2.24, 2.45) is 0 Å². The molecule has 1 aliphatic carbocycles. The topological polar surface area (TPSA) is 71.9 Å². The summed E-state index contributed by atoms with van der Waals surface area (Å²) >= 11 is 0. The van der Waals surface area contributed by atoms with Crippen molar-refractivity contribution in [3.63, 3.8) is 0 Å². The van der Waals surface area contributed by atoms with Gasteiger partial charge in [0.15, 0.2) is 0 Å². The van der Waals surface area contributed by atoms with Crippen LogP contribution in [-0.2, 0) is 0 Å². The number of nitriles is 1. The molecule has 0 atom stereocenters. The highest BCUT2D eigenvalue weighted by atomic mass is 16.5. The molecule has 0 amide bonds. The first-order valence-corrected chi connectivity index (χ1v) is 8.62. The van der Waals surface area contributed by atoms with Gasteiger partial charge in [-0.05, 0) is 56.9 Å². The number of aromatic nitrogens is 2. The van der Waals surface area contributed by atoms with E-state index in [0.717, 1.165) is 36.0 Å². The summed E-state index contributed by atoms with van der Waals surface area (Å²) in [6.45, 7) is 11.8. The highest BCUT2D eigenvalue weighted by molar-refractivity contribution is 5.76. The molecule has 1 heterocycles. The van der Waals surface area contributed by atoms with Gasteiger partial charge < -0.3 is 9.26 Å². The smallest absolute Gasteiger partial charge is 0.258 e. The van der Waals surface area contributed by atoms with E-state index in [0.29, 0.717) is 28.6 Å². The summed E-state index contributed by atoms with van der Waals surface area (Å²) in [5, 5.41) is 13.5. The van der Waals surface area contributed by atoms with Gasteiger partial charge in [-0.2, -0.15) is 10.2 Å². The highest BCUT2D eigenvalue weighted by Crippen LogP contribution is 2.35. The van der Waals surface area contributed by atoms with Crippen molar-refractivity contribution in [3.8, 4) is 23.3 Å². The summed E-state index contributed by atoms with van der Waals surface area (Å²) < 4.78 is 11.1. The fraction of sp³-hybridized carbons (Fsp3) is 0.286. The first kappa shape index (κ1) is 17.7. The average molecular weight is 347 g/mol. The number of nitrogens with zero attached hydrogens (tertiary/aromatic N) is 3. The van der Waals surface area contributed by atoms with Crippen LogP contribution in [0.5, 0.6) is 5.75 Å². The van der Waals surface area contributed by atoms with Crippen LogP contribution in [0.2, 0.25) is 0 Å². The van der Waals surface area contributed by atoms with Crippen molar-refractivity contribution in [2.75, 3.05) is 0 Å². The van der Waals surface area contributed by atoms with E-state index in [1.807, 2.05) is 19.9 Å². The quantitative estimate of drug-likeness (QED) is 0.754. The van der Waals surface area contributed by atoms with Crippen LogP contribution in [0.1, 0.15) is 44.5 Å². The molecule has 0 radical (unpaired) electrons. The van der Waals surface area contributed by atoms with E-state index in [1.165, 1.54) is 0 Å². The van der Waals surface area contributed by atoms with Gasteiger partial charge in [-0.15, -0.1) is 0 Å². The molecular formula is C21H21N3O2. The summed E-state index contributed by atoms with van der Waals surface area (Å²) in [5.74, 6) is 1.40. The van der Waals surface area contributed by atoms with Gasteiger partial charge in [0.25, 0.3) is 5.89 Å². The zero-order valence-electron chi connectivity index (χ0n) is 15.1. The number of ether oxygens (including phenoxy) is 1. The fourth-order valence-corrected chi connectivity index (χ4v) is 3.04. The molecule has 0 spiro atoms. The van der Waals surface area contributed by atoms with E-state index >= 15 is 0 Å². The van der Waals surface area contributed by atoms with Gasteiger partial charge in [0.2, 0.25) is 5.82 Å². The maximum Gasteiger partial charge on any atom is 0.258 e. The molecule has 1 aromatic heterocycles. The van der Waals surface area contributed by atoms with E-state index < -0.39 is 0 Å². The third kappa shape index (κ3) is 3.45. The average Bonchev–Trinajstić information content (AvgIpc) is 3.26. The van der Waals surface area contributed by atoms with Crippen LogP contribution in [0.3, 0.4) is 0 Å². The zero-order chi connectivity index (χ0) is 18.7. The maximum atomic E-state index is 9.38. The van der Waals surface area contributed by atoms with Crippen molar-refractivity contribution in [1.29, 1.82) is 5.26 Å². The predicted molar refractivity (Wildman–Crippen MR) is 100 cm³/mol. The van der Waals surface area contributed by atoms with Crippen molar-refractivity contribution >= 4 is 5.57 Å². The fourth-order valence-electron chi connectivity index (χ4n) is 3.04. The molecule has 3 rings (SSSR count). The van der Waals surface area contributed by atoms with E-state index in [9.17, 15) is 5.26 Å². The summed E-state index contributed by atoms with van der Waals surface area (Å²) in [6, 6.07) is 7.41. The Labute approximate surface area is 153 Å². The number of hydrogen-bond donors (Lipinski definition) is 0. The van der Waals surface area contributed by atoms with Crippen LogP contribution in [0, 0.1) is 11.3 Å². The number of rotatable bonds is 5. The molecule has 1 aromatic carbocycles. The lowest BCUT2D eigenvalue weighted by atomic mass is 10.0. The highest BCUT2D eigenvalue weighted by Gasteiger charge is 2.20. The van der Waals surface area contributed by atoms with Crippen molar-refractivity contribution in [2.45, 2.75) is 39.2 Å². The van der Waals surface area contributed by atoms with Gasteiger partial charge in [0.1, 0.15) is 11.8 Å². The second kappa shape index (κ2) is 7.40. The summed E-state index contributed by atoms with van der Waals surface area (Å²) in [7, 11) is 0. The van der Waals surface area contributed by atoms with Gasteiger partial charge in [-0.1, -0.05) is 30.0 Å².